The number of ether oxygens (including phenoxy) is 2. The molecule has 17 heavy (non-hydrogen) atoms. The van der Waals surface area contributed by atoms with Gasteiger partial charge >= 0.3 is 0 Å². The number of rotatable bonds is 5. The molecule has 0 aliphatic rings. The first-order valence-electron chi connectivity index (χ1n) is 4.91. The summed E-state index contributed by atoms with van der Waals surface area (Å²) in [6.45, 7) is 0. The summed E-state index contributed by atoms with van der Waals surface area (Å²) < 4.78 is 32.7. The molecule has 0 aromatic heterocycles. The molecule has 0 fully saturated rings. The molecule has 0 saturated heterocycles. The van der Waals surface area contributed by atoms with E-state index < -0.39 is 9.84 Å². The Morgan fingerprint density at radius 3 is 2.29 bits per heavy atom. The number of hydrogen-bond donors (Lipinski definition) is 0. The van der Waals surface area contributed by atoms with E-state index in [1.165, 1.54) is 6.26 Å². The normalized spacial score (nSPS) is 13.2. The molecule has 0 aliphatic heterocycles. The van der Waals surface area contributed by atoms with Gasteiger partial charge in [0, 0.05) is 6.26 Å². The first-order chi connectivity index (χ1) is 7.87. The summed E-state index contributed by atoms with van der Waals surface area (Å²) in [4.78, 5) is -0.252. The summed E-state index contributed by atoms with van der Waals surface area (Å²) in [6.07, 6.45) is 1.21. The van der Waals surface area contributed by atoms with Crippen molar-refractivity contribution in [1.29, 1.82) is 0 Å². The fraction of sp³-hybridized carbons (Fsp3) is 0.455. The molecule has 0 aliphatic carbocycles. The van der Waals surface area contributed by atoms with Gasteiger partial charge in [0.05, 0.1) is 24.8 Å². The van der Waals surface area contributed by atoms with Gasteiger partial charge in [0.15, 0.2) is 11.5 Å². The lowest BCUT2D eigenvalue weighted by Gasteiger charge is -2.13. The van der Waals surface area contributed by atoms with Crippen molar-refractivity contribution in [3.63, 3.8) is 0 Å². The molecule has 1 rings (SSSR count). The number of sulfone groups is 1. The minimum absolute atomic E-state index is 0.0441. The Morgan fingerprint density at radius 1 is 1.24 bits per heavy atom. The highest BCUT2D eigenvalue weighted by atomic mass is 79.9. The topological polar surface area (TPSA) is 52.6 Å². The predicted octanol–water partition coefficient (Wildman–Crippen LogP) is 2.18. The van der Waals surface area contributed by atoms with E-state index in [9.17, 15) is 8.42 Å². The van der Waals surface area contributed by atoms with E-state index in [0.717, 1.165) is 5.56 Å². The molecule has 0 spiro atoms. The number of benzene rings is 1. The number of hydrogen-bond acceptors (Lipinski definition) is 4. The third kappa shape index (κ3) is 4.20. The summed E-state index contributed by atoms with van der Waals surface area (Å²) in [5.41, 5.74) is 0.841. The summed E-state index contributed by atoms with van der Waals surface area (Å²) in [5.74, 6) is 1.25. The first kappa shape index (κ1) is 14.3. The molecule has 0 saturated carbocycles. The van der Waals surface area contributed by atoms with E-state index in [4.69, 9.17) is 9.47 Å². The van der Waals surface area contributed by atoms with Gasteiger partial charge < -0.3 is 9.47 Å². The molecule has 0 N–H and O–H groups in total. The first-order valence-corrected chi connectivity index (χ1v) is 7.88. The summed E-state index contributed by atoms with van der Waals surface area (Å²) >= 11 is 3.36. The van der Waals surface area contributed by atoms with Crippen LogP contribution in [-0.2, 0) is 9.84 Å². The quantitative estimate of drug-likeness (QED) is 0.780. The van der Waals surface area contributed by atoms with Crippen LogP contribution < -0.4 is 9.47 Å². The molecule has 1 unspecified atom stereocenters. The van der Waals surface area contributed by atoms with Gasteiger partial charge in [-0.1, -0.05) is 22.0 Å². The Hall–Kier alpha value is -0.750. The lowest BCUT2D eigenvalue weighted by Crippen LogP contribution is -2.08. The van der Waals surface area contributed by atoms with Crippen molar-refractivity contribution in [2.24, 2.45) is 0 Å². The fourth-order valence-corrected chi connectivity index (χ4v) is 3.86. The Balaban J connectivity index is 2.99. The number of methoxy groups -OCH3 is 2. The van der Waals surface area contributed by atoms with Crippen LogP contribution in [0.25, 0.3) is 0 Å². The summed E-state index contributed by atoms with van der Waals surface area (Å²) in [5, 5.41) is 0. The van der Waals surface area contributed by atoms with Gasteiger partial charge in [0.1, 0.15) is 9.84 Å². The zero-order valence-corrected chi connectivity index (χ0v) is 12.3. The van der Waals surface area contributed by atoms with E-state index in [2.05, 4.69) is 15.9 Å². The molecule has 1 aromatic rings. The van der Waals surface area contributed by atoms with Crippen molar-refractivity contribution in [3.05, 3.63) is 23.8 Å². The van der Waals surface area contributed by atoms with Crippen molar-refractivity contribution in [2.45, 2.75) is 4.83 Å². The molecular formula is C11H15BrO4S. The van der Waals surface area contributed by atoms with Crippen molar-refractivity contribution in [3.8, 4) is 11.5 Å². The van der Waals surface area contributed by atoms with Crippen LogP contribution in [-0.4, -0.2) is 34.6 Å². The van der Waals surface area contributed by atoms with Gasteiger partial charge in [-0.2, -0.15) is 0 Å². The lowest BCUT2D eigenvalue weighted by molar-refractivity contribution is 0.354. The van der Waals surface area contributed by atoms with E-state index in [1.54, 1.807) is 26.4 Å². The van der Waals surface area contributed by atoms with Crippen LogP contribution in [0.3, 0.4) is 0 Å². The summed E-state index contributed by atoms with van der Waals surface area (Å²) in [6, 6.07) is 5.33. The summed E-state index contributed by atoms with van der Waals surface area (Å²) in [7, 11) is 0.0726. The molecule has 4 nitrogen and oxygen atoms in total. The minimum atomic E-state index is -3.03. The van der Waals surface area contributed by atoms with Gasteiger partial charge in [-0.15, -0.1) is 0 Å². The van der Waals surface area contributed by atoms with E-state index >= 15 is 0 Å². The second-order valence-corrected chi connectivity index (χ2v) is 6.96. The van der Waals surface area contributed by atoms with Crippen LogP contribution in [0.2, 0.25) is 0 Å². The van der Waals surface area contributed by atoms with Crippen molar-refractivity contribution in [1.82, 2.24) is 0 Å². The van der Waals surface area contributed by atoms with Gasteiger partial charge in [0.2, 0.25) is 0 Å². The minimum Gasteiger partial charge on any atom is -0.493 e. The standard InChI is InChI=1S/C11H15BrO4S/c1-15-10-5-4-8(6-11(10)16-2)9(12)7-17(3,13)14/h4-6,9H,7H2,1-3H3. The number of halogens is 1. The third-order valence-electron chi connectivity index (χ3n) is 2.22. The molecule has 0 amide bonds. The average molecular weight is 323 g/mol. The largest absolute Gasteiger partial charge is 0.493 e. The fourth-order valence-electron chi connectivity index (χ4n) is 1.41. The second kappa shape index (κ2) is 5.73. The second-order valence-electron chi connectivity index (χ2n) is 3.67. The van der Waals surface area contributed by atoms with Crippen molar-refractivity contribution < 1.29 is 17.9 Å². The van der Waals surface area contributed by atoms with Gasteiger partial charge in [-0.3, -0.25) is 0 Å². The van der Waals surface area contributed by atoms with Crippen LogP contribution in [0.15, 0.2) is 18.2 Å². The number of alkyl halides is 1. The molecule has 6 heteroatoms. The van der Waals surface area contributed by atoms with E-state index in [-0.39, 0.29) is 10.6 Å². The maximum Gasteiger partial charge on any atom is 0.161 e. The van der Waals surface area contributed by atoms with Crippen LogP contribution in [0.5, 0.6) is 11.5 Å². The monoisotopic (exact) mass is 322 g/mol. The Kier molecular flexibility index (Phi) is 4.82. The highest BCUT2D eigenvalue weighted by Crippen LogP contribution is 2.33. The SMILES string of the molecule is COc1ccc(C(Br)CS(C)(=O)=O)cc1OC. The Bertz CT molecular complexity index is 484. The third-order valence-corrected chi connectivity index (χ3v) is 4.44. The molecule has 1 atom stereocenters. The average Bonchev–Trinajstić information content (AvgIpc) is 2.25. The molecule has 96 valence electrons. The van der Waals surface area contributed by atoms with E-state index in [1.807, 2.05) is 6.07 Å². The highest BCUT2D eigenvalue weighted by molar-refractivity contribution is 9.09. The zero-order valence-electron chi connectivity index (χ0n) is 9.94. The van der Waals surface area contributed by atoms with E-state index in [0.29, 0.717) is 11.5 Å². The van der Waals surface area contributed by atoms with Crippen molar-refractivity contribution >= 4 is 25.8 Å². The molecule has 1 aromatic carbocycles. The maximum atomic E-state index is 11.2. The Morgan fingerprint density at radius 2 is 1.82 bits per heavy atom. The van der Waals surface area contributed by atoms with Gasteiger partial charge in [-0.25, -0.2) is 8.42 Å². The molecule has 0 radical (unpaired) electrons. The predicted molar refractivity (Wildman–Crippen MR) is 70.9 cm³/mol. The van der Waals surface area contributed by atoms with Crippen molar-refractivity contribution in [2.75, 3.05) is 26.2 Å². The zero-order chi connectivity index (χ0) is 13.1. The smallest absolute Gasteiger partial charge is 0.161 e. The van der Waals surface area contributed by atoms with Gasteiger partial charge in [-0.05, 0) is 17.7 Å². The van der Waals surface area contributed by atoms with Gasteiger partial charge in [0.25, 0.3) is 0 Å². The van der Waals surface area contributed by atoms with Crippen LogP contribution in [0.1, 0.15) is 10.4 Å². The van der Waals surface area contributed by atoms with Crippen LogP contribution in [0, 0.1) is 0 Å². The molecule has 0 heterocycles. The maximum absolute atomic E-state index is 11.2. The Labute approximate surface area is 110 Å². The molecular weight excluding hydrogens is 308 g/mol. The molecule has 0 bridgehead atoms. The van der Waals surface area contributed by atoms with Crippen LogP contribution in [0.4, 0.5) is 0 Å². The highest BCUT2D eigenvalue weighted by Gasteiger charge is 2.16. The lowest BCUT2D eigenvalue weighted by atomic mass is 10.1. The van der Waals surface area contributed by atoms with Crippen LogP contribution >= 0.6 is 15.9 Å².